The topological polar surface area (TPSA) is 75.3 Å². The largest absolute Gasteiger partial charge is 0.352 e. The van der Waals surface area contributed by atoms with Crippen LogP contribution in [0.1, 0.15) is 43.6 Å². The van der Waals surface area contributed by atoms with Gasteiger partial charge in [-0.25, -0.2) is 0 Å². The van der Waals surface area contributed by atoms with Crippen LogP contribution in [0.25, 0.3) is 0 Å². The predicted molar refractivity (Wildman–Crippen MR) is 113 cm³/mol. The molecule has 3 aromatic carbocycles. The maximum atomic E-state index is 12.4. The van der Waals surface area contributed by atoms with Crippen molar-refractivity contribution in [1.82, 2.24) is 5.32 Å². The van der Waals surface area contributed by atoms with Crippen LogP contribution < -0.4 is 10.6 Å². The van der Waals surface area contributed by atoms with Gasteiger partial charge in [0.1, 0.15) is 0 Å². The van der Waals surface area contributed by atoms with E-state index < -0.39 is 0 Å². The zero-order valence-corrected chi connectivity index (χ0v) is 16.1. The van der Waals surface area contributed by atoms with Crippen molar-refractivity contribution < 1.29 is 14.4 Å². The van der Waals surface area contributed by atoms with Crippen LogP contribution in [-0.2, 0) is 6.42 Å². The number of benzene rings is 3. The van der Waals surface area contributed by atoms with Gasteiger partial charge in [0, 0.05) is 28.9 Å². The highest BCUT2D eigenvalue weighted by Gasteiger charge is 2.09. The Morgan fingerprint density at radius 2 is 1.24 bits per heavy atom. The summed E-state index contributed by atoms with van der Waals surface area (Å²) < 4.78 is 0. The summed E-state index contributed by atoms with van der Waals surface area (Å²) in [5.74, 6) is -0.482. The van der Waals surface area contributed by atoms with Crippen LogP contribution in [0.3, 0.4) is 0 Å². The van der Waals surface area contributed by atoms with Gasteiger partial charge in [-0.2, -0.15) is 0 Å². The van der Waals surface area contributed by atoms with Crippen LogP contribution >= 0.6 is 0 Å². The van der Waals surface area contributed by atoms with E-state index in [2.05, 4.69) is 10.6 Å². The highest BCUT2D eigenvalue weighted by molar-refractivity contribution is 6.05. The first kappa shape index (κ1) is 20.0. The molecule has 0 aliphatic rings. The second kappa shape index (κ2) is 9.46. The summed E-state index contributed by atoms with van der Waals surface area (Å²) in [6, 6.07) is 23.1. The van der Waals surface area contributed by atoms with Crippen LogP contribution in [0.15, 0.2) is 78.9 Å². The normalized spacial score (nSPS) is 10.2. The maximum Gasteiger partial charge on any atom is 0.255 e. The van der Waals surface area contributed by atoms with Crippen molar-refractivity contribution in [3.63, 3.8) is 0 Å². The number of anilines is 1. The van der Waals surface area contributed by atoms with E-state index in [1.807, 2.05) is 30.3 Å². The molecule has 0 fully saturated rings. The molecule has 3 aromatic rings. The van der Waals surface area contributed by atoms with Gasteiger partial charge in [0.25, 0.3) is 11.8 Å². The minimum Gasteiger partial charge on any atom is -0.352 e. The van der Waals surface area contributed by atoms with E-state index >= 15 is 0 Å². The molecule has 0 bridgehead atoms. The van der Waals surface area contributed by atoms with Gasteiger partial charge in [0.15, 0.2) is 5.78 Å². The molecule has 5 nitrogen and oxygen atoms in total. The quantitative estimate of drug-likeness (QED) is 0.600. The van der Waals surface area contributed by atoms with Crippen molar-refractivity contribution in [2.45, 2.75) is 13.3 Å². The summed E-state index contributed by atoms with van der Waals surface area (Å²) >= 11 is 0. The van der Waals surface area contributed by atoms with Crippen LogP contribution in [0, 0.1) is 0 Å². The maximum absolute atomic E-state index is 12.4. The van der Waals surface area contributed by atoms with Gasteiger partial charge in [-0.15, -0.1) is 0 Å². The van der Waals surface area contributed by atoms with Crippen LogP contribution in [0.2, 0.25) is 0 Å². The lowest BCUT2D eigenvalue weighted by molar-refractivity contribution is 0.0951. The Morgan fingerprint density at radius 1 is 0.690 bits per heavy atom. The van der Waals surface area contributed by atoms with Gasteiger partial charge in [0.2, 0.25) is 0 Å². The van der Waals surface area contributed by atoms with Gasteiger partial charge in [0.05, 0.1) is 0 Å². The molecule has 0 atom stereocenters. The average molecular weight is 386 g/mol. The van der Waals surface area contributed by atoms with Gasteiger partial charge < -0.3 is 10.6 Å². The standard InChI is InChI=1S/C24H22N2O3/c1-17(27)19-11-13-22(14-12-19)26-24(29)21-9-7-20(8-10-21)23(28)25-16-15-18-5-3-2-4-6-18/h2-14H,15-16H2,1H3,(H,25,28)(H,26,29). The number of carbonyl (C=O) groups excluding carboxylic acids is 3. The summed E-state index contributed by atoms with van der Waals surface area (Å²) in [5.41, 5.74) is 3.30. The fraction of sp³-hybridized carbons (Fsp3) is 0.125. The minimum absolute atomic E-state index is 0.0273. The molecule has 0 aliphatic carbocycles. The van der Waals surface area contributed by atoms with Gasteiger partial charge >= 0.3 is 0 Å². The van der Waals surface area contributed by atoms with Crippen LogP contribution in [-0.4, -0.2) is 24.1 Å². The molecule has 29 heavy (non-hydrogen) atoms. The van der Waals surface area contributed by atoms with E-state index in [1.54, 1.807) is 48.5 Å². The molecular formula is C24H22N2O3. The Balaban J connectivity index is 1.53. The molecule has 5 heteroatoms. The number of amides is 2. The lowest BCUT2D eigenvalue weighted by Gasteiger charge is -2.08. The smallest absolute Gasteiger partial charge is 0.255 e. The van der Waals surface area contributed by atoms with E-state index in [0.29, 0.717) is 28.9 Å². The Kier molecular flexibility index (Phi) is 6.53. The lowest BCUT2D eigenvalue weighted by atomic mass is 10.1. The van der Waals surface area contributed by atoms with Crippen molar-refractivity contribution in [3.05, 3.63) is 101 Å². The minimum atomic E-state index is -0.281. The average Bonchev–Trinajstić information content (AvgIpc) is 2.75. The van der Waals surface area contributed by atoms with Gasteiger partial charge in [-0.05, 0) is 67.4 Å². The third-order valence-corrected chi connectivity index (χ3v) is 4.50. The molecule has 3 rings (SSSR count). The number of Topliss-reactive ketones (excluding diaryl/α,β-unsaturated/α-hetero) is 1. The molecule has 0 saturated heterocycles. The first-order valence-electron chi connectivity index (χ1n) is 9.37. The molecule has 146 valence electrons. The van der Waals surface area contributed by atoms with E-state index in [0.717, 1.165) is 12.0 Å². The summed E-state index contributed by atoms with van der Waals surface area (Å²) in [4.78, 5) is 35.9. The fourth-order valence-corrected chi connectivity index (χ4v) is 2.83. The van der Waals surface area contributed by atoms with Crippen molar-refractivity contribution in [2.75, 3.05) is 11.9 Å². The summed E-state index contributed by atoms with van der Waals surface area (Å²) in [5, 5.41) is 5.66. The summed E-state index contributed by atoms with van der Waals surface area (Å²) in [6.45, 7) is 2.04. The molecule has 0 spiro atoms. The van der Waals surface area contributed by atoms with Crippen LogP contribution in [0.5, 0.6) is 0 Å². The van der Waals surface area contributed by atoms with E-state index in [1.165, 1.54) is 6.92 Å². The molecule has 2 N–H and O–H groups in total. The first-order valence-corrected chi connectivity index (χ1v) is 9.37. The van der Waals surface area contributed by atoms with E-state index in [4.69, 9.17) is 0 Å². The molecule has 0 heterocycles. The fourth-order valence-electron chi connectivity index (χ4n) is 2.83. The Hall–Kier alpha value is -3.73. The number of rotatable bonds is 7. The third kappa shape index (κ3) is 5.62. The molecule has 0 aliphatic heterocycles. The SMILES string of the molecule is CC(=O)c1ccc(NC(=O)c2ccc(C(=O)NCCc3ccccc3)cc2)cc1. The highest BCUT2D eigenvalue weighted by Crippen LogP contribution is 2.13. The molecule has 0 radical (unpaired) electrons. The second-order valence-corrected chi connectivity index (χ2v) is 6.66. The van der Waals surface area contributed by atoms with Crippen molar-refractivity contribution in [3.8, 4) is 0 Å². The number of nitrogens with one attached hydrogen (secondary N) is 2. The first-order chi connectivity index (χ1) is 14.0. The van der Waals surface area contributed by atoms with Gasteiger partial charge in [-0.1, -0.05) is 30.3 Å². The summed E-state index contributed by atoms with van der Waals surface area (Å²) in [6.07, 6.45) is 0.759. The van der Waals surface area contributed by atoms with Crippen LogP contribution in [0.4, 0.5) is 5.69 Å². The molecular weight excluding hydrogens is 364 g/mol. The molecule has 0 aromatic heterocycles. The lowest BCUT2D eigenvalue weighted by Crippen LogP contribution is -2.25. The zero-order chi connectivity index (χ0) is 20.6. The van der Waals surface area contributed by atoms with E-state index in [9.17, 15) is 14.4 Å². The number of ketones is 1. The highest BCUT2D eigenvalue weighted by atomic mass is 16.2. The Labute approximate surface area is 169 Å². The van der Waals surface area contributed by atoms with Crippen molar-refractivity contribution in [2.24, 2.45) is 0 Å². The molecule has 0 saturated carbocycles. The zero-order valence-electron chi connectivity index (χ0n) is 16.1. The molecule has 2 amide bonds. The van der Waals surface area contributed by atoms with E-state index in [-0.39, 0.29) is 17.6 Å². The third-order valence-electron chi connectivity index (χ3n) is 4.50. The Morgan fingerprint density at radius 3 is 1.83 bits per heavy atom. The van der Waals surface area contributed by atoms with Gasteiger partial charge in [-0.3, -0.25) is 14.4 Å². The number of hydrogen-bond acceptors (Lipinski definition) is 3. The number of hydrogen-bond donors (Lipinski definition) is 2. The predicted octanol–water partition coefficient (Wildman–Crippen LogP) is 4.11. The monoisotopic (exact) mass is 386 g/mol. The van der Waals surface area contributed by atoms with Crippen molar-refractivity contribution >= 4 is 23.3 Å². The van der Waals surface area contributed by atoms with Crippen molar-refractivity contribution in [1.29, 1.82) is 0 Å². The molecule has 0 unspecified atom stereocenters. The number of carbonyl (C=O) groups is 3. The Bertz CT molecular complexity index is 995. The summed E-state index contributed by atoms with van der Waals surface area (Å²) in [7, 11) is 0. The second-order valence-electron chi connectivity index (χ2n) is 6.66.